The first-order chi connectivity index (χ1) is 11.1. The van der Waals surface area contributed by atoms with Crippen LogP contribution in [0, 0.1) is 28.6 Å². The molecule has 2 fully saturated rings. The maximum absolute atomic E-state index is 12.0. The summed E-state index contributed by atoms with van der Waals surface area (Å²) >= 11 is 0. The molecule has 2 N–H and O–H groups in total. The molecule has 136 valence electrons. The third kappa shape index (κ3) is 3.38. The van der Waals surface area contributed by atoms with Crippen molar-refractivity contribution in [3.05, 3.63) is 12.2 Å². The smallest absolute Gasteiger partial charge is 0.309 e. The van der Waals surface area contributed by atoms with Gasteiger partial charge in [0.25, 0.3) is 0 Å². The van der Waals surface area contributed by atoms with Gasteiger partial charge in [-0.05, 0) is 68.6 Å². The highest BCUT2D eigenvalue weighted by atomic mass is 16.4. The summed E-state index contributed by atoms with van der Waals surface area (Å²) < 4.78 is 0. The number of carboxylic acids is 2. The molecule has 0 spiro atoms. The summed E-state index contributed by atoms with van der Waals surface area (Å²) in [6.07, 6.45) is 6.57. The number of allylic oxidation sites excluding steroid dienone is 1. The fourth-order valence-electron chi connectivity index (χ4n) is 5.59. The van der Waals surface area contributed by atoms with Gasteiger partial charge in [-0.25, -0.2) is 0 Å². The van der Waals surface area contributed by atoms with Crippen LogP contribution in [0.2, 0.25) is 0 Å². The van der Waals surface area contributed by atoms with Gasteiger partial charge in [0.15, 0.2) is 0 Å². The zero-order chi connectivity index (χ0) is 18.1. The average Bonchev–Trinajstić information content (AvgIpc) is 2.45. The minimum absolute atomic E-state index is 0.0241. The van der Waals surface area contributed by atoms with Crippen molar-refractivity contribution in [1.82, 2.24) is 0 Å². The zero-order valence-corrected chi connectivity index (χ0v) is 15.3. The minimum Gasteiger partial charge on any atom is -0.481 e. The summed E-state index contributed by atoms with van der Waals surface area (Å²) in [7, 11) is 0. The molecule has 0 amide bonds. The summed E-state index contributed by atoms with van der Waals surface area (Å²) in [4.78, 5) is 22.9. The van der Waals surface area contributed by atoms with Crippen molar-refractivity contribution in [1.29, 1.82) is 0 Å². The molecule has 4 nitrogen and oxygen atoms in total. The van der Waals surface area contributed by atoms with Crippen LogP contribution in [-0.4, -0.2) is 22.2 Å². The second-order valence-electron chi connectivity index (χ2n) is 8.66. The second kappa shape index (κ2) is 6.89. The first kappa shape index (κ1) is 19.0. The van der Waals surface area contributed by atoms with E-state index in [-0.39, 0.29) is 23.7 Å². The molecule has 0 aliphatic heterocycles. The summed E-state index contributed by atoms with van der Waals surface area (Å²) in [6, 6.07) is 0. The Labute approximate surface area is 145 Å². The number of carboxylic acid groups (broad SMARTS) is 2. The van der Waals surface area contributed by atoms with E-state index in [4.69, 9.17) is 5.11 Å². The highest BCUT2D eigenvalue weighted by Gasteiger charge is 2.57. The topological polar surface area (TPSA) is 74.6 Å². The Morgan fingerprint density at radius 2 is 1.96 bits per heavy atom. The van der Waals surface area contributed by atoms with E-state index < -0.39 is 17.4 Å². The predicted octanol–water partition coefficient (Wildman–Crippen LogP) is 4.74. The number of hydrogen-bond acceptors (Lipinski definition) is 2. The molecule has 0 aromatic carbocycles. The zero-order valence-electron chi connectivity index (χ0n) is 15.3. The van der Waals surface area contributed by atoms with Crippen molar-refractivity contribution in [3.8, 4) is 0 Å². The SMILES string of the molecule is C=C1CCC2[C@](C)(CCC[C@]2(C)C(=O)O)[C@H]1CC[C@H](C)CC(=O)O. The van der Waals surface area contributed by atoms with E-state index >= 15 is 0 Å². The fourth-order valence-corrected chi connectivity index (χ4v) is 5.59. The maximum Gasteiger partial charge on any atom is 0.309 e. The number of carbonyl (C=O) groups is 2. The van der Waals surface area contributed by atoms with E-state index in [2.05, 4.69) is 13.5 Å². The molecule has 0 radical (unpaired) electrons. The van der Waals surface area contributed by atoms with Crippen molar-refractivity contribution in [3.63, 3.8) is 0 Å². The van der Waals surface area contributed by atoms with Gasteiger partial charge in [0.1, 0.15) is 0 Å². The van der Waals surface area contributed by atoms with Crippen LogP contribution in [0.1, 0.15) is 72.1 Å². The van der Waals surface area contributed by atoms with Gasteiger partial charge in [-0.1, -0.05) is 32.4 Å². The molecule has 0 heterocycles. The average molecular weight is 336 g/mol. The lowest BCUT2D eigenvalue weighted by atomic mass is 9.46. The highest BCUT2D eigenvalue weighted by molar-refractivity contribution is 5.75. The van der Waals surface area contributed by atoms with Gasteiger partial charge in [-0.3, -0.25) is 9.59 Å². The largest absolute Gasteiger partial charge is 0.481 e. The predicted molar refractivity (Wildman–Crippen MR) is 93.7 cm³/mol. The maximum atomic E-state index is 12.0. The number of fused-ring (bicyclic) bond motifs is 1. The second-order valence-corrected chi connectivity index (χ2v) is 8.66. The van der Waals surface area contributed by atoms with Gasteiger partial charge in [0.05, 0.1) is 5.41 Å². The first-order valence-corrected chi connectivity index (χ1v) is 9.24. The molecule has 2 aliphatic rings. The molecule has 2 aliphatic carbocycles. The van der Waals surface area contributed by atoms with E-state index in [0.29, 0.717) is 5.92 Å². The van der Waals surface area contributed by atoms with Crippen LogP contribution in [0.3, 0.4) is 0 Å². The lowest BCUT2D eigenvalue weighted by molar-refractivity contribution is -0.164. The molecule has 0 saturated heterocycles. The number of hydrogen-bond donors (Lipinski definition) is 2. The third-order valence-electron chi connectivity index (χ3n) is 6.98. The quantitative estimate of drug-likeness (QED) is 0.687. The van der Waals surface area contributed by atoms with Crippen LogP contribution in [0.5, 0.6) is 0 Å². The van der Waals surface area contributed by atoms with Crippen molar-refractivity contribution >= 4 is 11.9 Å². The summed E-state index contributed by atoms with van der Waals surface area (Å²) in [5.41, 5.74) is 0.577. The normalized spacial score (nSPS) is 37.5. The number of aliphatic carboxylic acids is 2. The molecule has 24 heavy (non-hydrogen) atoms. The monoisotopic (exact) mass is 336 g/mol. The molecule has 0 aromatic rings. The lowest BCUT2D eigenvalue weighted by Crippen LogP contribution is -2.53. The Bertz CT molecular complexity index is 526. The van der Waals surface area contributed by atoms with Crippen molar-refractivity contribution in [2.45, 2.75) is 72.1 Å². The van der Waals surface area contributed by atoms with E-state index in [1.165, 1.54) is 5.57 Å². The van der Waals surface area contributed by atoms with Crippen LogP contribution >= 0.6 is 0 Å². The molecular formula is C20H32O4. The van der Waals surface area contributed by atoms with Crippen LogP contribution in [0.25, 0.3) is 0 Å². The van der Waals surface area contributed by atoms with Gasteiger partial charge in [0, 0.05) is 6.42 Å². The van der Waals surface area contributed by atoms with E-state index in [1.54, 1.807) is 0 Å². The Kier molecular flexibility index (Phi) is 5.46. The molecule has 2 rings (SSSR count). The Hall–Kier alpha value is -1.32. The molecule has 1 unspecified atom stereocenters. The van der Waals surface area contributed by atoms with Crippen molar-refractivity contribution in [2.75, 3.05) is 0 Å². The molecule has 2 saturated carbocycles. The minimum atomic E-state index is -0.745. The van der Waals surface area contributed by atoms with Gasteiger partial charge in [-0.2, -0.15) is 0 Å². The van der Waals surface area contributed by atoms with Gasteiger partial charge in [0.2, 0.25) is 0 Å². The summed E-state index contributed by atoms with van der Waals surface area (Å²) in [5, 5.41) is 18.8. The first-order valence-electron chi connectivity index (χ1n) is 9.24. The third-order valence-corrected chi connectivity index (χ3v) is 6.98. The fraction of sp³-hybridized carbons (Fsp3) is 0.800. The molecular weight excluding hydrogens is 304 g/mol. The van der Waals surface area contributed by atoms with Crippen LogP contribution in [0.15, 0.2) is 12.2 Å². The van der Waals surface area contributed by atoms with E-state index in [1.807, 2.05) is 13.8 Å². The number of rotatable bonds is 6. The van der Waals surface area contributed by atoms with Crippen molar-refractivity contribution < 1.29 is 19.8 Å². The van der Waals surface area contributed by atoms with Crippen LogP contribution in [-0.2, 0) is 9.59 Å². The van der Waals surface area contributed by atoms with Gasteiger partial charge >= 0.3 is 11.9 Å². The molecule has 4 heteroatoms. The Morgan fingerprint density at radius 1 is 1.29 bits per heavy atom. The van der Waals surface area contributed by atoms with E-state index in [0.717, 1.165) is 44.9 Å². The van der Waals surface area contributed by atoms with E-state index in [9.17, 15) is 14.7 Å². The Morgan fingerprint density at radius 3 is 2.54 bits per heavy atom. The van der Waals surface area contributed by atoms with Gasteiger partial charge < -0.3 is 10.2 Å². The summed E-state index contributed by atoms with van der Waals surface area (Å²) in [5.74, 6) is -0.768. The standard InChI is InChI=1S/C20H32O4/c1-13(12-17(21)22)6-8-15-14(2)7-9-16-19(15,3)10-5-11-20(16,4)18(23)24/h13,15-16H,2,5-12H2,1,3-4H3,(H,21,22)(H,23,24)/t13-,15-,16?,19+,20-/m0/s1. The molecule has 0 aromatic heterocycles. The van der Waals surface area contributed by atoms with Crippen molar-refractivity contribution in [2.24, 2.45) is 28.6 Å². The van der Waals surface area contributed by atoms with Gasteiger partial charge in [-0.15, -0.1) is 0 Å². The van der Waals surface area contributed by atoms with Crippen LogP contribution in [0.4, 0.5) is 0 Å². The highest BCUT2D eigenvalue weighted by Crippen LogP contribution is 2.62. The molecule has 0 bridgehead atoms. The Balaban J connectivity index is 2.19. The summed E-state index contributed by atoms with van der Waals surface area (Å²) in [6.45, 7) is 10.5. The lowest BCUT2D eigenvalue weighted by Gasteiger charge is -2.57. The molecule has 5 atom stereocenters. The van der Waals surface area contributed by atoms with Crippen LogP contribution < -0.4 is 0 Å².